The molecule has 2 aromatic rings. The summed E-state index contributed by atoms with van der Waals surface area (Å²) in [4.78, 5) is 30.9. The van der Waals surface area contributed by atoms with E-state index in [2.05, 4.69) is 4.98 Å². The highest BCUT2D eigenvalue weighted by Gasteiger charge is 2.19. The molecule has 24 heavy (non-hydrogen) atoms. The highest BCUT2D eigenvalue weighted by Crippen LogP contribution is 2.21. The van der Waals surface area contributed by atoms with Gasteiger partial charge in [-0.2, -0.15) is 0 Å². The Bertz CT molecular complexity index is 701. The molecule has 0 aliphatic heterocycles. The molecule has 0 bridgehead atoms. The van der Waals surface area contributed by atoms with E-state index in [-0.39, 0.29) is 12.5 Å². The average Bonchev–Trinajstić information content (AvgIpc) is 2.61. The first-order valence-corrected chi connectivity index (χ1v) is 7.63. The topological polar surface area (TPSA) is 73.7 Å². The molecule has 1 heterocycles. The number of carbonyl (C=O) groups excluding carboxylic acids is 1. The maximum absolute atomic E-state index is 12.3. The number of hydrogen-bond acceptors (Lipinski definition) is 4. The Kier molecular flexibility index (Phi) is 5.52. The number of aliphatic carboxylic acids is 1. The van der Waals surface area contributed by atoms with Gasteiger partial charge >= 0.3 is 5.97 Å². The van der Waals surface area contributed by atoms with Crippen molar-refractivity contribution in [2.75, 3.05) is 25.5 Å². The minimum absolute atomic E-state index is 0.153. The maximum atomic E-state index is 12.3. The molecule has 6 heteroatoms. The lowest BCUT2D eigenvalue weighted by Gasteiger charge is -2.21. The van der Waals surface area contributed by atoms with Crippen molar-refractivity contribution in [3.05, 3.63) is 54.2 Å². The monoisotopic (exact) mass is 327 g/mol. The minimum Gasteiger partial charge on any atom is -0.481 e. The zero-order valence-corrected chi connectivity index (χ0v) is 14.0. The van der Waals surface area contributed by atoms with Gasteiger partial charge in [0.05, 0.1) is 11.5 Å². The Hall–Kier alpha value is -2.89. The number of amides is 1. The molecule has 0 radical (unpaired) electrons. The fraction of sp³-hybridized carbons (Fsp3) is 0.278. The molecule has 2 rings (SSSR count). The van der Waals surface area contributed by atoms with Crippen LogP contribution in [0.15, 0.2) is 48.7 Å². The molecule has 1 aromatic carbocycles. The highest BCUT2D eigenvalue weighted by atomic mass is 16.4. The van der Waals surface area contributed by atoms with Crippen LogP contribution in [0.25, 0.3) is 0 Å². The zero-order valence-electron chi connectivity index (χ0n) is 14.0. The number of carboxylic acids is 1. The fourth-order valence-corrected chi connectivity index (χ4v) is 2.29. The van der Waals surface area contributed by atoms with Crippen LogP contribution in [0.2, 0.25) is 0 Å². The Morgan fingerprint density at radius 2 is 1.79 bits per heavy atom. The third-order valence-corrected chi connectivity index (χ3v) is 3.80. The van der Waals surface area contributed by atoms with Gasteiger partial charge in [-0.1, -0.05) is 25.1 Å². The largest absolute Gasteiger partial charge is 0.481 e. The molecule has 1 amide bonds. The number of nitrogens with zero attached hydrogens (tertiary/aromatic N) is 3. The molecule has 1 unspecified atom stereocenters. The van der Waals surface area contributed by atoms with Gasteiger partial charge < -0.3 is 14.9 Å². The van der Waals surface area contributed by atoms with Crippen LogP contribution < -0.4 is 4.90 Å². The first-order chi connectivity index (χ1) is 11.4. The predicted octanol–water partition coefficient (Wildman–Crippen LogP) is 2.64. The third kappa shape index (κ3) is 4.10. The van der Waals surface area contributed by atoms with Crippen LogP contribution in [-0.2, 0) is 4.79 Å². The standard InChI is InChI=1S/C18H21N3O3/c1-13(18(23)24)12-20(2)17(22)14-9-10-16(19-11-14)21(3)15-7-5-4-6-8-15/h4-11,13H,12H2,1-3H3,(H,23,24). The van der Waals surface area contributed by atoms with Crippen LogP contribution in [0, 0.1) is 5.92 Å². The second-order valence-electron chi connectivity index (χ2n) is 5.72. The number of anilines is 2. The SMILES string of the molecule is CC(CN(C)C(=O)c1ccc(N(C)c2ccccc2)nc1)C(=O)O. The summed E-state index contributed by atoms with van der Waals surface area (Å²) in [5.41, 5.74) is 1.43. The molecule has 1 atom stereocenters. The Morgan fingerprint density at radius 1 is 1.12 bits per heavy atom. The number of hydrogen-bond donors (Lipinski definition) is 1. The normalized spacial score (nSPS) is 11.6. The van der Waals surface area contributed by atoms with E-state index in [0.29, 0.717) is 5.56 Å². The quantitative estimate of drug-likeness (QED) is 0.883. The van der Waals surface area contributed by atoms with Crippen molar-refractivity contribution in [1.29, 1.82) is 0 Å². The number of pyridine rings is 1. The van der Waals surface area contributed by atoms with Crippen molar-refractivity contribution < 1.29 is 14.7 Å². The predicted molar refractivity (Wildman–Crippen MR) is 92.5 cm³/mol. The lowest BCUT2D eigenvalue weighted by molar-refractivity contribution is -0.141. The molecular weight excluding hydrogens is 306 g/mol. The van der Waals surface area contributed by atoms with Crippen molar-refractivity contribution in [3.8, 4) is 0 Å². The number of carboxylic acid groups (broad SMARTS) is 1. The van der Waals surface area contributed by atoms with E-state index in [0.717, 1.165) is 11.5 Å². The number of para-hydroxylation sites is 1. The number of benzene rings is 1. The van der Waals surface area contributed by atoms with Crippen LogP contribution in [0.3, 0.4) is 0 Å². The van der Waals surface area contributed by atoms with Crippen LogP contribution in [0.4, 0.5) is 11.5 Å². The van der Waals surface area contributed by atoms with E-state index in [4.69, 9.17) is 5.11 Å². The van der Waals surface area contributed by atoms with E-state index in [1.165, 1.54) is 11.1 Å². The Labute approximate surface area is 141 Å². The van der Waals surface area contributed by atoms with Gasteiger partial charge in [-0.05, 0) is 24.3 Å². The summed E-state index contributed by atoms with van der Waals surface area (Å²) in [7, 11) is 3.49. The number of aromatic nitrogens is 1. The van der Waals surface area contributed by atoms with E-state index >= 15 is 0 Å². The summed E-state index contributed by atoms with van der Waals surface area (Å²) in [6.07, 6.45) is 1.51. The highest BCUT2D eigenvalue weighted by molar-refractivity contribution is 5.94. The molecule has 0 saturated heterocycles. The van der Waals surface area contributed by atoms with Gasteiger partial charge in [-0.3, -0.25) is 9.59 Å². The van der Waals surface area contributed by atoms with Crippen molar-refractivity contribution in [1.82, 2.24) is 9.88 Å². The minimum atomic E-state index is -0.924. The lowest BCUT2D eigenvalue weighted by atomic mass is 10.1. The summed E-state index contributed by atoms with van der Waals surface area (Å²) in [6.45, 7) is 1.72. The molecule has 1 aromatic heterocycles. The molecule has 0 saturated carbocycles. The van der Waals surface area contributed by atoms with Gasteiger partial charge in [0.1, 0.15) is 5.82 Å². The molecule has 0 aliphatic carbocycles. The summed E-state index contributed by atoms with van der Waals surface area (Å²) in [5, 5.41) is 8.93. The van der Waals surface area contributed by atoms with E-state index in [1.54, 1.807) is 26.1 Å². The van der Waals surface area contributed by atoms with Crippen molar-refractivity contribution in [2.45, 2.75) is 6.92 Å². The van der Waals surface area contributed by atoms with E-state index in [9.17, 15) is 9.59 Å². The van der Waals surface area contributed by atoms with Gasteiger partial charge in [0.15, 0.2) is 0 Å². The van der Waals surface area contributed by atoms with Gasteiger partial charge in [-0.15, -0.1) is 0 Å². The summed E-state index contributed by atoms with van der Waals surface area (Å²) >= 11 is 0. The number of carbonyl (C=O) groups is 2. The van der Waals surface area contributed by atoms with E-state index in [1.807, 2.05) is 42.3 Å². The molecule has 0 aliphatic rings. The van der Waals surface area contributed by atoms with Crippen LogP contribution in [0.1, 0.15) is 17.3 Å². The van der Waals surface area contributed by atoms with Crippen LogP contribution >= 0.6 is 0 Å². The smallest absolute Gasteiger partial charge is 0.308 e. The van der Waals surface area contributed by atoms with Gasteiger partial charge in [0.2, 0.25) is 0 Å². The zero-order chi connectivity index (χ0) is 17.7. The maximum Gasteiger partial charge on any atom is 0.308 e. The molecule has 1 N–H and O–H groups in total. The van der Waals surface area contributed by atoms with Crippen molar-refractivity contribution >= 4 is 23.4 Å². The lowest BCUT2D eigenvalue weighted by Crippen LogP contribution is -2.33. The van der Waals surface area contributed by atoms with Crippen LogP contribution in [0.5, 0.6) is 0 Å². The summed E-state index contributed by atoms with van der Waals surface area (Å²) in [5.74, 6) is -1.06. The third-order valence-electron chi connectivity index (χ3n) is 3.80. The average molecular weight is 327 g/mol. The van der Waals surface area contributed by atoms with E-state index < -0.39 is 11.9 Å². The molecule has 126 valence electrons. The van der Waals surface area contributed by atoms with Gasteiger partial charge in [0, 0.05) is 32.5 Å². The second-order valence-corrected chi connectivity index (χ2v) is 5.72. The molecule has 0 spiro atoms. The molecule has 6 nitrogen and oxygen atoms in total. The Morgan fingerprint density at radius 3 is 2.33 bits per heavy atom. The molecular formula is C18H21N3O3. The summed E-state index contributed by atoms with van der Waals surface area (Å²) < 4.78 is 0. The summed E-state index contributed by atoms with van der Waals surface area (Å²) in [6, 6.07) is 13.3. The van der Waals surface area contributed by atoms with Crippen molar-refractivity contribution in [3.63, 3.8) is 0 Å². The molecule has 0 fully saturated rings. The van der Waals surface area contributed by atoms with Gasteiger partial charge in [-0.25, -0.2) is 4.98 Å². The first-order valence-electron chi connectivity index (χ1n) is 7.63. The van der Waals surface area contributed by atoms with Gasteiger partial charge in [0.25, 0.3) is 5.91 Å². The number of rotatable bonds is 6. The Balaban J connectivity index is 2.08. The fourth-order valence-electron chi connectivity index (χ4n) is 2.29. The second kappa shape index (κ2) is 7.59. The van der Waals surface area contributed by atoms with Crippen LogP contribution in [-0.4, -0.2) is 47.5 Å². The van der Waals surface area contributed by atoms with Crippen molar-refractivity contribution in [2.24, 2.45) is 5.92 Å². The first kappa shape index (κ1) is 17.5.